The van der Waals surface area contributed by atoms with E-state index in [1.807, 2.05) is 12.1 Å². The molecule has 5 nitrogen and oxygen atoms in total. The van der Waals surface area contributed by atoms with Gasteiger partial charge in [0.2, 0.25) is 10.0 Å². The molecule has 7 heteroatoms. The Kier molecular flexibility index (Phi) is 4.47. The third-order valence-corrected chi connectivity index (χ3v) is 4.81. The Balaban J connectivity index is 2.02. The Labute approximate surface area is 123 Å². The van der Waals surface area contributed by atoms with Gasteiger partial charge in [-0.25, -0.2) is 13.1 Å². The maximum atomic E-state index is 12.1. The van der Waals surface area contributed by atoms with E-state index in [-0.39, 0.29) is 4.90 Å². The van der Waals surface area contributed by atoms with Crippen LogP contribution in [0, 0.1) is 13.8 Å². The molecule has 1 aromatic heterocycles. The van der Waals surface area contributed by atoms with Crippen LogP contribution in [0.3, 0.4) is 0 Å². The predicted molar refractivity (Wildman–Crippen MR) is 76.3 cm³/mol. The van der Waals surface area contributed by atoms with Crippen LogP contribution in [0.5, 0.6) is 0 Å². The molecule has 0 saturated heterocycles. The Bertz CT molecular complexity index is 673. The zero-order chi connectivity index (χ0) is 14.8. The summed E-state index contributed by atoms with van der Waals surface area (Å²) in [5, 5.41) is 4.31. The summed E-state index contributed by atoms with van der Waals surface area (Å²) in [6.07, 6.45) is 0.583. The SMILES string of the molecule is Cc1noc(C)c1S(=O)(=O)NCCc1ccc(Cl)cc1. The second kappa shape index (κ2) is 5.95. The molecule has 1 aromatic carbocycles. The molecule has 0 fully saturated rings. The lowest BCUT2D eigenvalue weighted by Crippen LogP contribution is -2.26. The second-order valence-corrected chi connectivity index (χ2v) is 6.57. The van der Waals surface area contributed by atoms with E-state index in [9.17, 15) is 8.42 Å². The maximum absolute atomic E-state index is 12.1. The van der Waals surface area contributed by atoms with Crippen LogP contribution in [0.15, 0.2) is 33.7 Å². The van der Waals surface area contributed by atoms with E-state index in [2.05, 4.69) is 9.88 Å². The highest BCUT2D eigenvalue weighted by atomic mass is 35.5. The molecule has 0 bridgehead atoms. The fourth-order valence-electron chi connectivity index (χ4n) is 1.91. The third kappa shape index (κ3) is 3.39. The molecule has 20 heavy (non-hydrogen) atoms. The Hall–Kier alpha value is -1.37. The number of hydrogen-bond acceptors (Lipinski definition) is 4. The van der Waals surface area contributed by atoms with Crippen LogP contribution in [0.1, 0.15) is 17.0 Å². The fraction of sp³-hybridized carbons (Fsp3) is 0.308. The number of sulfonamides is 1. The van der Waals surface area contributed by atoms with E-state index >= 15 is 0 Å². The van der Waals surface area contributed by atoms with Gasteiger partial charge < -0.3 is 4.52 Å². The smallest absolute Gasteiger partial charge is 0.245 e. The van der Waals surface area contributed by atoms with Crippen LogP contribution in [0.2, 0.25) is 5.02 Å². The molecule has 0 unspecified atom stereocenters. The van der Waals surface area contributed by atoms with E-state index < -0.39 is 10.0 Å². The molecule has 2 rings (SSSR count). The van der Waals surface area contributed by atoms with Crippen molar-refractivity contribution < 1.29 is 12.9 Å². The van der Waals surface area contributed by atoms with Gasteiger partial charge in [-0.1, -0.05) is 28.9 Å². The second-order valence-electron chi connectivity index (χ2n) is 4.43. The van der Waals surface area contributed by atoms with Gasteiger partial charge in [-0.05, 0) is 38.0 Å². The van der Waals surface area contributed by atoms with Crippen molar-refractivity contribution in [2.24, 2.45) is 0 Å². The summed E-state index contributed by atoms with van der Waals surface area (Å²) >= 11 is 5.79. The van der Waals surface area contributed by atoms with Gasteiger partial charge in [0.25, 0.3) is 0 Å². The van der Waals surface area contributed by atoms with Crippen molar-refractivity contribution in [1.29, 1.82) is 0 Å². The van der Waals surface area contributed by atoms with Crippen LogP contribution >= 0.6 is 11.6 Å². The standard InChI is InChI=1S/C13H15ClN2O3S/c1-9-13(10(2)19-16-9)20(17,18)15-8-7-11-3-5-12(14)6-4-11/h3-6,15H,7-8H2,1-2H3. The average molecular weight is 315 g/mol. The van der Waals surface area contributed by atoms with Gasteiger partial charge in [0.1, 0.15) is 10.6 Å². The molecule has 108 valence electrons. The molecular formula is C13H15ClN2O3S. The van der Waals surface area contributed by atoms with Crippen LogP contribution in [-0.4, -0.2) is 20.1 Å². The molecule has 0 amide bonds. The Morgan fingerprint density at radius 1 is 1.25 bits per heavy atom. The Morgan fingerprint density at radius 2 is 1.90 bits per heavy atom. The van der Waals surface area contributed by atoms with Gasteiger partial charge >= 0.3 is 0 Å². The van der Waals surface area contributed by atoms with Crippen LogP contribution < -0.4 is 4.72 Å². The average Bonchev–Trinajstić information content (AvgIpc) is 2.72. The monoisotopic (exact) mass is 314 g/mol. The van der Waals surface area contributed by atoms with Crippen molar-refractivity contribution in [3.8, 4) is 0 Å². The minimum atomic E-state index is -3.59. The fourth-order valence-corrected chi connectivity index (χ4v) is 3.39. The highest BCUT2D eigenvalue weighted by Crippen LogP contribution is 2.18. The quantitative estimate of drug-likeness (QED) is 0.920. The summed E-state index contributed by atoms with van der Waals surface area (Å²) < 4.78 is 31.7. The molecule has 1 heterocycles. The molecule has 0 radical (unpaired) electrons. The normalized spacial score (nSPS) is 11.8. The molecule has 1 N–H and O–H groups in total. The molecular weight excluding hydrogens is 300 g/mol. The molecule has 0 aliphatic carbocycles. The van der Waals surface area contributed by atoms with Crippen LogP contribution in [-0.2, 0) is 16.4 Å². The lowest BCUT2D eigenvalue weighted by atomic mass is 10.2. The lowest BCUT2D eigenvalue weighted by molar-refractivity contribution is 0.390. The van der Waals surface area contributed by atoms with Gasteiger partial charge in [0.05, 0.1) is 0 Å². The summed E-state index contributed by atoms with van der Waals surface area (Å²) in [7, 11) is -3.59. The number of halogens is 1. The summed E-state index contributed by atoms with van der Waals surface area (Å²) in [6, 6.07) is 7.29. The first-order valence-corrected chi connectivity index (χ1v) is 7.93. The zero-order valence-corrected chi connectivity index (χ0v) is 12.8. The molecule has 0 atom stereocenters. The molecule has 0 aliphatic rings. The summed E-state index contributed by atoms with van der Waals surface area (Å²) in [4.78, 5) is 0.119. The van der Waals surface area contributed by atoms with Crippen molar-refractivity contribution >= 4 is 21.6 Å². The topological polar surface area (TPSA) is 72.2 Å². The number of aryl methyl sites for hydroxylation is 2. The predicted octanol–water partition coefficient (Wildman–Crippen LogP) is 2.47. The number of nitrogens with zero attached hydrogens (tertiary/aromatic N) is 1. The largest absolute Gasteiger partial charge is 0.360 e. The van der Waals surface area contributed by atoms with E-state index in [0.29, 0.717) is 29.4 Å². The summed E-state index contributed by atoms with van der Waals surface area (Å²) in [5.41, 5.74) is 1.37. The molecule has 2 aromatic rings. The summed E-state index contributed by atoms with van der Waals surface area (Å²) in [6.45, 7) is 3.48. The van der Waals surface area contributed by atoms with Gasteiger partial charge in [-0.2, -0.15) is 0 Å². The van der Waals surface area contributed by atoms with Gasteiger partial charge in [0, 0.05) is 11.6 Å². The highest BCUT2D eigenvalue weighted by Gasteiger charge is 2.23. The maximum Gasteiger partial charge on any atom is 0.245 e. The van der Waals surface area contributed by atoms with Crippen molar-refractivity contribution in [1.82, 2.24) is 9.88 Å². The van der Waals surface area contributed by atoms with E-state index in [4.69, 9.17) is 16.1 Å². The summed E-state index contributed by atoms with van der Waals surface area (Å²) in [5.74, 6) is 0.293. The van der Waals surface area contributed by atoms with Crippen molar-refractivity contribution in [3.63, 3.8) is 0 Å². The van der Waals surface area contributed by atoms with E-state index in [1.165, 1.54) is 0 Å². The lowest BCUT2D eigenvalue weighted by Gasteiger charge is -2.06. The number of rotatable bonds is 5. The van der Waals surface area contributed by atoms with Crippen LogP contribution in [0.25, 0.3) is 0 Å². The number of aromatic nitrogens is 1. The van der Waals surface area contributed by atoms with Gasteiger partial charge in [0.15, 0.2) is 5.76 Å². The molecule has 0 saturated carbocycles. The minimum absolute atomic E-state index is 0.119. The van der Waals surface area contributed by atoms with Crippen LogP contribution in [0.4, 0.5) is 0 Å². The first-order valence-electron chi connectivity index (χ1n) is 6.07. The number of benzene rings is 1. The third-order valence-electron chi connectivity index (χ3n) is 2.86. The minimum Gasteiger partial charge on any atom is -0.360 e. The zero-order valence-electron chi connectivity index (χ0n) is 11.2. The van der Waals surface area contributed by atoms with E-state index in [1.54, 1.807) is 26.0 Å². The van der Waals surface area contributed by atoms with Gasteiger partial charge in [-0.15, -0.1) is 0 Å². The first-order chi connectivity index (χ1) is 9.40. The van der Waals surface area contributed by atoms with Crippen molar-refractivity contribution in [2.45, 2.75) is 25.2 Å². The highest BCUT2D eigenvalue weighted by molar-refractivity contribution is 7.89. The van der Waals surface area contributed by atoms with Crippen molar-refractivity contribution in [2.75, 3.05) is 6.54 Å². The molecule has 0 spiro atoms. The number of hydrogen-bond donors (Lipinski definition) is 1. The van der Waals surface area contributed by atoms with Crippen molar-refractivity contribution in [3.05, 3.63) is 46.3 Å². The van der Waals surface area contributed by atoms with E-state index in [0.717, 1.165) is 5.56 Å². The first kappa shape index (κ1) is 15.0. The number of nitrogens with one attached hydrogen (secondary N) is 1. The van der Waals surface area contributed by atoms with Gasteiger partial charge in [-0.3, -0.25) is 0 Å². The Morgan fingerprint density at radius 3 is 2.45 bits per heavy atom. The molecule has 0 aliphatic heterocycles.